The highest BCUT2D eigenvalue weighted by Crippen LogP contribution is 2.30. The van der Waals surface area contributed by atoms with Gasteiger partial charge in [0.05, 0.1) is 88.0 Å². The number of nitrogens with one attached hydrogen (secondary N) is 5. The second kappa shape index (κ2) is 37.0. The molecule has 1 unspecified atom stereocenters. The lowest BCUT2D eigenvalue weighted by Crippen LogP contribution is -2.59. The van der Waals surface area contributed by atoms with Gasteiger partial charge in [-0.25, -0.2) is 5.48 Å². The molecule has 2 saturated heterocycles. The Bertz CT molecular complexity index is 2290. The smallest absolute Gasteiger partial charge is 0.306 e. The molecule has 0 aliphatic carbocycles. The number of nitrogens with zero attached hydrogens (tertiary/aromatic N) is 4. The molecule has 0 radical (unpaired) electrons. The zero-order chi connectivity index (χ0) is 63.7. The molecule has 2 heterocycles. The van der Waals surface area contributed by atoms with Crippen LogP contribution in [0.1, 0.15) is 133 Å². The number of hydrogen-bond donors (Lipinski definition) is 6. The largest absolute Gasteiger partial charge is 0.481 e. The molecule has 1 aromatic rings. The standard InChI is InChI=1S/C61H103N9O15/c1-16-40(8)54(68(13)60(78)52(38(4)5)65-59(77)53(39(6)7)67(11)12)48(81-14)35-51(73)70-27-17-18-47(70)55(82-15)41(9)56(74)64-46(34-37(2)3)58(76)66-85-36-43-19-21-45(22-20-43)63-57(75)42(10)62-49(71)25-30-83-32-33-84-31-26-50(72)69-28-23-44(24-29-69)61(79)80/h19-22,37-42,44,46-48,52-55H,16-18,23-36H2,1-15H3,(H,62,71)(H,63,75)(H,64,74)(H,65,77)(H,66,76)(H,79,80)/t40-,41+,42+,46-,47-,48+,52-,53?,54-,55+/m0/s1. The van der Waals surface area contributed by atoms with Gasteiger partial charge in [-0.2, -0.15) is 0 Å². The Hall–Kier alpha value is -5.79. The summed E-state index contributed by atoms with van der Waals surface area (Å²) in [6.45, 7) is 20.8. The molecule has 10 atom stereocenters. The Morgan fingerprint density at radius 1 is 0.706 bits per heavy atom. The van der Waals surface area contributed by atoms with Crippen LogP contribution in [0.2, 0.25) is 0 Å². The van der Waals surface area contributed by atoms with Gasteiger partial charge in [-0.1, -0.05) is 80.9 Å². The summed E-state index contributed by atoms with van der Waals surface area (Å²) in [7, 11) is 8.42. The maximum atomic E-state index is 14.5. The van der Waals surface area contributed by atoms with Crippen molar-refractivity contribution in [3.8, 4) is 0 Å². The number of aliphatic carboxylic acids is 1. The summed E-state index contributed by atoms with van der Waals surface area (Å²) in [5.41, 5.74) is 3.60. The summed E-state index contributed by atoms with van der Waals surface area (Å²) < 4.78 is 23.0. The summed E-state index contributed by atoms with van der Waals surface area (Å²) in [6, 6.07) is 2.66. The van der Waals surface area contributed by atoms with Gasteiger partial charge in [-0.05, 0) is 94.5 Å². The number of amides is 8. The third kappa shape index (κ3) is 23.4. The predicted octanol–water partition coefficient (Wildman–Crippen LogP) is 3.99. The van der Waals surface area contributed by atoms with Crippen molar-refractivity contribution in [3.63, 3.8) is 0 Å². The summed E-state index contributed by atoms with van der Waals surface area (Å²) >= 11 is 0. The third-order valence-electron chi connectivity index (χ3n) is 16.2. The van der Waals surface area contributed by atoms with Crippen molar-refractivity contribution >= 4 is 58.9 Å². The number of hydroxylamine groups is 1. The van der Waals surface area contributed by atoms with Gasteiger partial charge in [-0.3, -0.25) is 52.9 Å². The minimum Gasteiger partial charge on any atom is -0.481 e. The minimum absolute atomic E-state index is 0.00778. The quantitative estimate of drug-likeness (QED) is 0.0406. The number of piperidine rings is 1. The molecule has 6 N–H and O–H groups in total. The van der Waals surface area contributed by atoms with Crippen molar-refractivity contribution in [2.24, 2.45) is 35.5 Å². The minimum atomic E-state index is -0.964. The summed E-state index contributed by atoms with van der Waals surface area (Å²) in [6.07, 6.45) is 1.86. The molecule has 482 valence electrons. The lowest BCUT2D eigenvalue weighted by atomic mass is 9.89. The number of carboxylic acids is 1. The zero-order valence-electron chi connectivity index (χ0n) is 53.4. The first-order chi connectivity index (χ1) is 40.2. The Labute approximate surface area is 504 Å². The van der Waals surface area contributed by atoms with Crippen LogP contribution in [0.15, 0.2) is 24.3 Å². The molecular formula is C61H103N9O15. The number of carbonyl (C=O) groups is 9. The number of likely N-dealkylation sites (tertiary alicyclic amines) is 2. The first-order valence-electron chi connectivity index (χ1n) is 30.3. The monoisotopic (exact) mass is 1200 g/mol. The molecule has 8 amide bonds. The molecule has 2 aliphatic heterocycles. The van der Waals surface area contributed by atoms with Crippen LogP contribution in [0.5, 0.6) is 0 Å². The van der Waals surface area contributed by atoms with Crippen LogP contribution in [0.25, 0.3) is 0 Å². The number of carbonyl (C=O) groups excluding carboxylic acids is 8. The van der Waals surface area contributed by atoms with Crippen molar-refractivity contribution in [1.29, 1.82) is 0 Å². The van der Waals surface area contributed by atoms with Crippen LogP contribution in [0.4, 0.5) is 5.69 Å². The predicted molar refractivity (Wildman–Crippen MR) is 320 cm³/mol. The SMILES string of the molecule is CC[C@H](C)[C@@H]([C@@H](CC(=O)N1CCC[C@H]1[C@H](OC)[C@@H](C)C(=O)N[C@@H](CC(C)C)C(=O)NOCc1ccc(NC(=O)[C@@H](C)NC(=O)CCOCCOCCC(=O)N2CCC(C(=O)O)CC2)cc1)OC)N(C)C(=O)[C@@H](NC(=O)C(C(C)C)N(C)C)C(C)C. The number of benzene rings is 1. The van der Waals surface area contributed by atoms with Gasteiger partial charge in [0.15, 0.2) is 0 Å². The highest BCUT2D eigenvalue weighted by Gasteiger charge is 2.44. The molecular weight excluding hydrogens is 1100 g/mol. The summed E-state index contributed by atoms with van der Waals surface area (Å²) in [5, 5.41) is 20.5. The number of hydrogen-bond acceptors (Lipinski definition) is 15. The Morgan fingerprint density at radius 2 is 1.33 bits per heavy atom. The molecule has 2 fully saturated rings. The van der Waals surface area contributed by atoms with E-state index >= 15 is 0 Å². The van der Waals surface area contributed by atoms with Crippen molar-refractivity contribution in [2.75, 3.05) is 86.7 Å². The van der Waals surface area contributed by atoms with E-state index in [4.69, 9.17) is 28.9 Å². The molecule has 24 heteroatoms. The maximum Gasteiger partial charge on any atom is 0.306 e. The van der Waals surface area contributed by atoms with Crippen molar-refractivity contribution in [2.45, 2.75) is 182 Å². The van der Waals surface area contributed by atoms with Gasteiger partial charge in [-0.15, -0.1) is 0 Å². The lowest BCUT2D eigenvalue weighted by Gasteiger charge is -2.41. The van der Waals surface area contributed by atoms with Crippen LogP contribution in [-0.2, 0) is 73.5 Å². The fraction of sp³-hybridized carbons (Fsp3) is 0.754. The van der Waals surface area contributed by atoms with Crippen LogP contribution >= 0.6 is 0 Å². The molecule has 3 rings (SSSR count). The van der Waals surface area contributed by atoms with Gasteiger partial charge in [0.1, 0.15) is 18.1 Å². The van der Waals surface area contributed by atoms with E-state index in [9.17, 15) is 43.2 Å². The average Bonchev–Trinajstić information content (AvgIpc) is 3.36. The van der Waals surface area contributed by atoms with Gasteiger partial charge >= 0.3 is 5.97 Å². The van der Waals surface area contributed by atoms with E-state index in [-0.39, 0.29) is 106 Å². The molecule has 0 aromatic heterocycles. The normalized spacial score (nSPS) is 18.0. The van der Waals surface area contributed by atoms with E-state index in [2.05, 4.69) is 26.7 Å². The lowest BCUT2D eigenvalue weighted by molar-refractivity contribution is -0.148. The van der Waals surface area contributed by atoms with E-state index in [0.29, 0.717) is 69.4 Å². The Balaban J connectivity index is 1.50. The molecule has 2 aliphatic rings. The number of ether oxygens (including phenoxy) is 4. The van der Waals surface area contributed by atoms with E-state index < -0.39 is 84.0 Å². The van der Waals surface area contributed by atoms with Gasteiger partial charge < -0.3 is 60.0 Å². The van der Waals surface area contributed by atoms with E-state index in [0.717, 1.165) is 0 Å². The first-order valence-corrected chi connectivity index (χ1v) is 30.3. The molecule has 0 bridgehead atoms. The number of likely N-dealkylation sites (N-methyl/N-ethyl adjacent to an activating group) is 2. The van der Waals surface area contributed by atoms with Gasteiger partial charge in [0.25, 0.3) is 5.91 Å². The number of carboxylic acid groups (broad SMARTS) is 1. The zero-order valence-corrected chi connectivity index (χ0v) is 53.4. The molecule has 24 nitrogen and oxygen atoms in total. The Morgan fingerprint density at radius 3 is 1.87 bits per heavy atom. The van der Waals surface area contributed by atoms with Crippen molar-refractivity contribution in [3.05, 3.63) is 29.8 Å². The van der Waals surface area contributed by atoms with E-state index in [1.807, 2.05) is 74.4 Å². The number of methoxy groups -OCH3 is 2. The van der Waals surface area contributed by atoms with Gasteiger partial charge in [0, 0.05) is 53.0 Å². The van der Waals surface area contributed by atoms with Gasteiger partial charge in [0.2, 0.25) is 41.4 Å². The fourth-order valence-electron chi connectivity index (χ4n) is 11.2. The maximum absolute atomic E-state index is 14.5. The van der Waals surface area contributed by atoms with Crippen LogP contribution in [0, 0.1) is 35.5 Å². The van der Waals surface area contributed by atoms with Crippen LogP contribution in [0.3, 0.4) is 0 Å². The van der Waals surface area contributed by atoms with E-state index in [1.54, 1.807) is 59.9 Å². The molecule has 1 aromatic carbocycles. The topological polar surface area (TPSA) is 293 Å². The second-order valence-electron chi connectivity index (χ2n) is 24.1. The summed E-state index contributed by atoms with van der Waals surface area (Å²) in [4.78, 5) is 132. The first kappa shape index (κ1) is 73.5. The molecule has 85 heavy (non-hydrogen) atoms. The Kier molecular flexibility index (Phi) is 32.0. The van der Waals surface area contributed by atoms with Crippen molar-refractivity contribution in [1.82, 2.24) is 41.0 Å². The fourth-order valence-corrected chi connectivity index (χ4v) is 11.2. The number of rotatable bonds is 37. The highest BCUT2D eigenvalue weighted by molar-refractivity contribution is 5.97. The van der Waals surface area contributed by atoms with Crippen LogP contribution < -0.4 is 26.7 Å². The average molecular weight is 1200 g/mol. The van der Waals surface area contributed by atoms with Crippen molar-refractivity contribution < 1.29 is 72.0 Å². The second-order valence-corrected chi connectivity index (χ2v) is 24.1. The molecule has 0 spiro atoms. The third-order valence-corrected chi connectivity index (χ3v) is 16.2. The highest BCUT2D eigenvalue weighted by atomic mass is 16.7. The van der Waals surface area contributed by atoms with E-state index in [1.165, 1.54) is 14.2 Å². The number of anilines is 1. The summed E-state index contributed by atoms with van der Waals surface area (Å²) in [5.74, 6) is -4.93. The van der Waals surface area contributed by atoms with Crippen LogP contribution in [-0.4, -0.2) is 208 Å². The molecule has 0 saturated carbocycles.